The summed E-state index contributed by atoms with van der Waals surface area (Å²) in [6, 6.07) is 22.6. The molecule has 0 unspecified atom stereocenters. The number of amides is 1. The van der Waals surface area contributed by atoms with Gasteiger partial charge in [-0.3, -0.25) is 4.79 Å². The summed E-state index contributed by atoms with van der Waals surface area (Å²) in [6.07, 6.45) is 0. The van der Waals surface area contributed by atoms with Crippen LogP contribution in [-0.4, -0.2) is 5.91 Å². The van der Waals surface area contributed by atoms with Crippen LogP contribution in [0.15, 0.2) is 66.7 Å². The molecule has 1 atom stereocenters. The summed E-state index contributed by atoms with van der Waals surface area (Å²) in [4.78, 5) is 12.8. The van der Waals surface area contributed by atoms with Gasteiger partial charge in [0.25, 0.3) is 5.91 Å². The molecule has 3 rings (SSSR count). The van der Waals surface area contributed by atoms with Crippen LogP contribution in [0.3, 0.4) is 0 Å². The van der Waals surface area contributed by atoms with E-state index in [2.05, 4.69) is 63.3 Å². The zero-order chi connectivity index (χ0) is 18.7. The third-order valence-corrected chi connectivity index (χ3v) is 4.93. The van der Waals surface area contributed by atoms with Crippen molar-refractivity contribution in [3.05, 3.63) is 83.4 Å². The standard InChI is InChI=1S/C24H27NO/c1-16(2)18-9-12-20(13-10-18)23(17(3)4)25-24(26)22-14-11-19-7-5-6-8-21(19)15-22/h5-17,23H,1-4H3,(H,25,26)/t23-/m0/s1. The third-order valence-electron chi connectivity index (χ3n) is 4.93. The average Bonchev–Trinajstić information content (AvgIpc) is 2.65. The minimum atomic E-state index is -0.0256. The van der Waals surface area contributed by atoms with Gasteiger partial charge in [0.1, 0.15) is 0 Å². The van der Waals surface area contributed by atoms with E-state index in [9.17, 15) is 4.79 Å². The Hall–Kier alpha value is -2.61. The number of carbonyl (C=O) groups excluding carboxylic acids is 1. The van der Waals surface area contributed by atoms with Gasteiger partial charge in [-0.2, -0.15) is 0 Å². The van der Waals surface area contributed by atoms with Crippen LogP contribution < -0.4 is 5.32 Å². The lowest BCUT2D eigenvalue weighted by molar-refractivity contribution is 0.0925. The summed E-state index contributed by atoms with van der Waals surface area (Å²) in [5.41, 5.74) is 3.17. The monoisotopic (exact) mass is 345 g/mol. The lowest BCUT2D eigenvalue weighted by Crippen LogP contribution is -2.31. The van der Waals surface area contributed by atoms with E-state index >= 15 is 0 Å². The third kappa shape index (κ3) is 3.96. The molecular formula is C24H27NO. The van der Waals surface area contributed by atoms with E-state index < -0.39 is 0 Å². The van der Waals surface area contributed by atoms with Crippen LogP contribution in [-0.2, 0) is 0 Å². The maximum atomic E-state index is 12.8. The van der Waals surface area contributed by atoms with E-state index in [0.29, 0.717) is 17.4 Å². The van der Waals surface area contributed by atoms with Gasteiger partial charge in [-0.25, -0.2) is 0 Å². The Balaban J connectivity index is 1.83. The maximum absolute atomic E-state index is 12.8. The molecule has 0 aliphatic heterocycles. The first-order valence-electron chi connectivity index (χ1n) is 9.35. The van der Waals surface area contributed by atoms with Crippen LogP contribution in [0.1, 0.15) is 61.1 Å². The molecule has 0 bridgehead atoms. The molecule has 0 aromatic heterocycles. The van der Waals surface area contributed by atoms with Gasteiger partial charge in [0, 0.05) is 5.56 Å². The van der Waals surface area contributed by atoms with Gasteiger partial charge in [0.05, 0.1) is 6.04 Å². The van der Waals surface area contributed by atoms with Gasteiger partial charge in [0.15, 0.2) is 0 Å². The van der Waals surface area contributed by atoms with Crippen LogP contribution in [0.4, 0.5) is 0 Å². The molecule has 0 radical (unpaired) electrons. The first kappa shape index (κ1) is 18.2. The van der Waals surface area contributed by atoms with E-state index in [1.54, 1.807) is 0 Å². The lowest BCUT2D eigenvalue weighted by atomic mass is 9.93. The smallest absolute Gasteiger partial charge is 0.251 e. The Kier molecular flexibility index (Phi) is 5.41. The van der Waals surface area contributed by atoms with Crippen LogP contribution in [0.2, 0.25) is 0 Å². The Bertz CT molecular complexity index is 893. The van der Waals surface area contributed by atoms with E-state index in [1.165, 1.54) is 5.56 Å². The summed E-state index contributed by atoms with van der Waals surface area (Å²) < 4.78 is 0. The van der Waals surface area contributed by atoms with E-state index in [0.717, 1.165) is 16.3 Å². The highest BCUT2D eigenvalue weighted by molar-refractivity contribution is 5.98. The first-order chi connectivity index (χ1) is 12.5. The second-order valence-corrected chi connectivity index (χ2v) is 7.58. The van der Waals surface area contributed by atoms with Crippen molar-refractivity contribution in [1.82, 2.24) is 5.32 Å². The van der Waals surface area contributed by atoms with E-state index in [1.807, 2.05) is 36.4 Å². The Morgan fingerprint density at radius 1 is 0.769 bits per heavy atom. The van der Waals surface area contributed by atoms with Crippen molar-refractivity contribution in [3.63, 3.8) is 0 Å². The quantitative estimate of drug-likeness (QED) is 0.595. The van der Waals surface area contributed by atoms with Crippen LogP contribution in [0, 0.1) is 5.92 Å². The number of carbonyl (C=O) groups is 1. The molecule has 1 N–H and O–H groups in total. The fourth-order valence-electron chi connectivity index (χ4n) is 3.28. The fraction of sp³-hybridized carbons (Fsp3) is 0.292. The normalized spacial score (nSPS) is 12.5. The molecule has 134 valence electrons. The Labute approximate surface area is 156 Å². The molecule has 3 aromatic rings. The lowest BCUT2D eigenvalue weighted by Gasteiger charge is -2.23. The summed E-state index contributed by atoms with van der Waals surface area (Å²) in [5.74, 6) is 0.792. The zero-order valence-corrected chi connectivity index (χ0v) is 16.0. The van der Waals surface area contributed by atoms with Crippen molar-refractivity contribution in [2.75, 3.05) is 0 Å². The maximum Gasteiger partial charge on any atom is 0.251 e. The average molecular weight is 345 g/mol. The molecule has 0 fully saturated rings. The number of fused-ring (bicyclic) bond motifs is 1. The van der Waals surface area contributed by atoms with Crippen molar-refractivity contribution in [2.45, 2.75) is 39.7 Å². The topological polar surface area (TPSA) is 29.1 Å². The minimum Gasteiger partial charge on any atom is -0.345 e. The van der Waals surface area contributed by atoms with Crippen molar-refractivity contribution >= 4 is 16.7 Å². The summed E-state index contributed by atoms with van der Waals surface area (Å²) in [6.45, 7) is 8.66. The molecule has 0 aliphatic rings. The molecule has 2 nitrogen and oxygen atoms in total. The fourth-order valence-corrected chi connectivity index (χ4v) is 3.28. The van der Waals surface area contributed by atoms with Crippen molar-refractivity contribution in [1.29, 1.82) is 0 Å². The van der Waals surface area contributed by atoms with Gasteiger partial charge in [-0.05, 0) is 45.9 Å². The highest BCUT2D eigenvalue weighted by atomic mass is 16.1. The van der Waals surface area contributed by atoms with Gasteiger partial charge >= 0.3 is 0 Å². The van der Waals surface area contributed by atoms with Gasteiger partial charge in [0.2, 0.25) is 0 Å². The largest absolute Gasteiger partial charge is 0.345 e. The van der Waals surface area contributed by atoms with Crippen LogP contribution >= 0.6 is 0 Å². The molecule has 0 spiro atoms. The predicted molar refractivity (Wildman–Crippen MR) is 110 cm³/mol. The summed E-state index contributed by atoms with van der Waals surface area (Å²) in [5, 5.41) is 5.46. The van der Waals surface area contributed by atoms with E-state index in [-0.39, 0.29) is 11.9 Å². The molecule has 0 heterocycles. The van der Waals surface area contributed by atoms with Crippen LogP contribution in [0.5, 0.6) is 0 Å². The second kappa shape index (κ2) is 7.74. The van der Waals surface area contributed by atoms with Crippen molar-refractivity contribution in [3.8, 4) is 0 Å². The molecular weight excluding hydrogens is 318 g/mol. The molecule has 26 heavy (non-hydrogen) atoms. The molecule has 3 aromatic carbocycles. The highest BCUT2D eigenvalue weighted by Crippen LogP contribution is 2.25. The van der Waals surface area contributed by atoms with Crippen LogP contribution in [0.25, 0.3) is 10.8 Å². The van der Waals surface area contributed by atoms with E-state index in [4.69, 9.17) is 0 Å². The Morgan fingerprint density at radius 2 is 1.38 bits per heavy atom. The molecule has 1 amide bonds. The molecule has 0 saturated heterocycles. The number of benzene rings is 3. The van der Waals surface area contributed by atoms with Gasteiger partial charge in [-0.1, -0.05) is 82.3 Å². The number of hydrogen-bond acceptors (Lipinski definition) is 1. The highest BCUT2D eigenvalue weighted by Gasteiger charge is 2.19. The summed E-state index contributed by atoms with van der Waals surface area (Å²) in [7, 11) is 0. The van der Waals surface area contributed by atoms with Gasteiger partial charge < -0.3 is 5.32 Å². The van der Waals surface area contributed by atoms with Crippen molar-refractivity contribution < 1.29 is 4.79 Å². The van der Waals surface area contributed by atoms with Crippen molar-refractivity contribution in [2.24, 2.45) is 5.92 Å². The number of hydrogen-bond donors (Lipinski definition) is 1. The van der Waals surface area contributed by atoms with Gasteiger partial charge in [-0.15, -0.1) is 0 Å². The number of rotatable bonds is 5. The molecule has 0 aliphatic carbocycles. The SMILES string of the molecule is CC(C)c1ccc([C@@H](NC(=O)c2ccc3ccccc3c2)C(C)C)cc1. The molecule has 2 heteroatoms. The Morgan fingerprint density at radius 3 is 2.00 bits per heavy atom. The first-order valence-corrected chi connectivity index (χ1v) is 9.35. The molecule has 0 saturated carbocycles. The summed E-state index contributed by atoms with van der Waals surface area (Å²) >= 11 is 0. The zero-order valence-electron chi connectivity index (χ0n) is 16.0. The number of nitrogens with one attached hydrogen (secondary N) is 1. The minimum absolute atomic E-state index is 0.00446. The second-order valence-electron chi connectivity index (χ2n) is 7.58. The predicted octanol–water partition coefficient (Wildman–Crippen LogP) is 6.09.